The molecule has 108 valence electrons. The summed E-state index contributed by atoms with van der Waals surface area (Å²) in [5.41, 5.74) is 0.780. The van der Waals surface area contributed by atoms with E-state index in [0.29, 0.717) is 12.1 Å². The van der Waals surface area contributed by atoms with Gasteiger partial charge < -0.3 is 10.1 Å². The van der Waals surface area contributed by atoms with Crippen molar-refractivity contribution in [3.05, 3.63) is 35.4 Å². The zero-order chi connectivity index (χ0) is 14.0. The molecule has 0 saturated carbocycles. The maximum absolute atomic E-state index is 13.1. The minimum absolute atomic E-state index is 0.107. The number of hydrogen-bond acceptors (Lipinski definition) is 3. The largest absolute Gasteiger partial charge is 0.381 e. The summed E-state index contributed by atoms with van der Waals surface area (Å²) in [6, 6.07) is 3.90. The fraction of sp³-hybridized carbons (Fsp3) is 0.500. The summed E-state index contributed by atoms with van der Waals surface area (Å²) in [5, 5.41) is 4.35. The van der Waals surface area contributed by atoms with Gasteiger partial charge in [-0.15, -0.1) is 0 Å². The van der Waals surface area contributed by atoms with Crippen LogP contribution in [0.3, 0.4) is 0 Å². The number of amidine groups is 1. The van der Waals surface area contributed by atoms with Gasteiger partial charge in [-0.1, -0.05) is 17.8 Å². The minimum atomic E-state index is -0.823. The number of aliphatic imine (C=N–C) groups is 1. The first-order valence-corrected chi connectivity index (χ1v) is 7.63. The predicted octanol–water partition coefficient (Wildman–Crippen LogP) is 2.71. The highest BCUT2D eigenvalue weighted by atomic mass is 32.2. The molecule has 0 atom stereocenters. The van der Waals surface area contributed by atoms with Gasteiger partial charge in [0.2, 0.25) is 0 Å². The third-order valence-electron chi connectivity index (χ3n) is 3.70. The molecule has 6 heteroatoms. The van der Waals surface area contributed by atoms with Crippen molar-refractivity contribution >= 4 is 16.9 Å². The van der Waals surface area contributed by atoms with Gasteiger partial charge in [0.25, 0.3) is 0 Å². The average molecular weight is 298 g/mol. The van der Waals surface area contributed by atoms with Crippen LogP contribution in [0.4, 0.5) is 8.78 Å². The van der Waals surface area contributed by atoms with Gasteiger partial charge in [-0.25, -0.2) is 8.78 Å². The number of halogens is 2. The summed E-state index contributed by atoms with van der Waals surface area (Å²) in [6.45, 7) is 1.92. The van der Waals surface area contributed by atoms with Crippen LogP contribution in [0.5, 0.6) is 0 Å². The van der Waals surface area contributed by atoms with Gasteiger partial charge in [0.15, 0.2) is 16.8 Å². The van der Waals surface area contributed by atoms with Gasteiger partial charge in [-0.3, -0.25) is 4.99 Å². The van der Waals surface area contributed by atoms with Crippen LogP contribution < -0.4 is 5.32 Å². The Balaban J connectivity index is 1.63. The molecule has 1 spiro atoms. The van der Waals surface area contributed by atoms with E-state index in [0.717, 1.165) is 43.0 Å². The molecule has 0 aliphatic carbocycles. The third-order valence-corrected chi connectivity index (χ3v) is 4.90. The van der Waals surface area contributed by atoms with Crippen LogP contribution in [0.15, 0.2) is 23.2 Å². The molecule has 1 aromatic rings. The number of ether oxygens (including phenoxy) is 1. The number of nitrogens with zero attached hydrogens (tertiary/aromatic N) is 1. The summed E-state index contributed by atoms with van der Waals surface area (Å²) >= 11 is 1.69. The minimum Gasteiger partial charge on any atom is -0.381 e. The van der Waals surface area contributed by atoms with E-state index in [9.17, 15) is 8.78 Å². The SMILES string of the molecule is Fc1ccc(CN=C2NC3(CCOCC3)CS2)cc1F. The Bertz CT molecular complexity index is 530. The van der Waals surface area contributed by atoms with E-state index in [1.54, 1.807) is 17.8 Å². The Morgan fingerprint density at radius 3 is 2.80 bits per heavy atom. The number of benzene rings is 1. The lowest BCUT2D eigenvalue weighted by Crippen LogP contribution is -2.48. The number of thioether (sulfide) groups is 1. The van der Waals surface area contributed by atoms with Crippen LogP contribution >= 0.6 is 11.8 Å². The molecule has 2 heterocycles. The molecule has 3 rings (SSSR count). The Morgan fingerprint density at radius 2 is 2.05 bits per heavy atom. The highest BCUT2D eigenvalue weighted by Crippen LogP contribution is 2.31. The molecule has 2 saturated heterocycles. The fourth-order valence-electron chi connectivity index (χ4n) is 2.42. The van der Waals surface area contributed by atoms with Gasteiger partial charge in [0, 0.05) is 19.0 Å². The molecule has 0 aromatic heterocycles. The van der Waals surface area contributed by atoms with Crippen LogP contribution in [-0.4, -0.2) is 29.7 Å². The molecule has 0 radical (unpaired) electrons. The smallest absolute Gasteiger partial charge is 0.159 e. The molecule has 20 heavy (non-hydrogen) atoms. The van der Waals surface area contributed by atoms with Crippen LogP contribution in [-0.2, 0) is 11.3 Å². The Hall–Kier alpha value is -1.14. The zero-order valence-corrected chi connectivity index (χ0v) is 11.8. The monoisotopic (exact) mass is 298 g/mol. The Kier molecular flexibility index (Phi) is 3.94. The lowest BCUT2D eigenvalue weighted by atomic mass is 9.93. The van der Waals surface area contributed by atoms with E-state index in [2.05, 4.69) is 10.3 Å². The van der Waals surface area contributed by atoms with E-state index in [1.807, 2.05) is 0 Å². The molecular formula is C14H16F2N2OS. The molecule has 2 aliphatic rings. The Labute approximate surface area is 120 Å². The summed E-state index contributed by atoms with van der Waals surface area (Å²) in [6.07, 6.45) is 1.98. The van der Waals surface area contributed by atoms with Crippen molar-refractivity contribution in [3.63, 3.8) is 0 Å². The zero-order valence-electron chi connectivity index (χ0n) is 11.0. The van der Waals surface area contributed by atoms with Crippen molar-refractivity contribution in [3.8, 4) is 0 Å². The lowest BCUT2D eigenvalue weighted by molar-refractivity contribution is 0.0555. The molecule has 2 fully saturated rings. The molecule has 3 nitrogen and oxygen atoms in total. The molecule has 2 aliphatic heterocycles. The van der Waals surface area contributed by atoms with E-state index >= 15 is 0 Å². The molecule has 0 bridgehead atoms. The van der Waals surface area contributed by atoms with E-state index in [1.165, 1.54) is 6.07 Å². The van der Waals surface area contributed by atoms with Gasteiger partial charge in [-0.05, 0) is 30.5 Å². The van der Waals surface area contributed by atoms with Crippen molar-refractivity contribution in [2.75, 3.05) is 19.0 Å². The highest BCUT2D eigenvalue weighted by molar-refractivity contribution is 8.14. The van der Waals surface area contributed by atoms with E-state index in [4.69, 9.17) is 4.74 Å². The normalized spacial score (nSPS) is 23.2. The average Bonchev–Trinajstić information content (AvgIpc) is 2.84. The molecular weight excluding hydrogens is 282 g/mol. The van der Waals surface area contributed by atoms with Crippen LogP contribution in [0.1, 0.15) is 18.4 Å². The van der Waals surface area contributed by atoms with Crippen molar-refractivity contribution in [1.29, 1.82) is 0 Å². The molecule has 0 amide bonds. The van der Waals surface area contributed by atoms with Crippen molar-refractivity contribution in [2.24, 2.45) is 4.99 Å². The van der Waals surface area contributed by atoms with Gasteiger partial charge >= 0.3 is 0 Å². The van der Waals surface area contributed by atoms with Crippen molar-refractivity contribution < 1.29 is 13.5 Å². The second-order valence-electron chi connectivity index (χ2n) is 5.18. The number of nitrogens with one attached hydrogen (secondary N) is 1. The third kappa shape index (κ3) is 2.96. The van der Waals surface area contributed by atoms with Crippen LogP contribution in [0.25, 0.3) is 0 Å². The summed E-state index contributed by atoms with van der Waals surface area (Å²) in [7, 11) is 0. The second-order valence-corrected chi connectivity index (χ2v) is 6.14. The number of rotatable bonds is 2. The fourth-order valence-corrected chi connectivity index (χ4v) is 3.64. The van der Waals surface area contributed by atoms with Crippen molar-refractivity contribution in [2.45, 2.75) is 24.9 Å². The lowest BCUT2D eigenvalue weighted by Gasteiger charge is -2.32. The topological polar surface area (TPSA) is 33.6 Å². The summed E-state index contributed by atoms with van der Waals surface area (Å²) in [5.74, 6) is -0.654. The maximum Gasteiger partial charge on any atom is 0.159 e. The van der Waals surface area contributed by atoms with Crippen LogP contribution in [0.2, 0.25) is 0 Å². The van der Waals surface area contributed by atoms with Gasteiger partial charge in [0.1, 0.15) is 0 Å². The summed E-state index contributed by atoms with van der Waals surface area (Å²) < 4.78 is 31.3. The van der Waals surface area contributed by atoms with Crippen molar-refractivity contribution in [1.82, 2.24) is 5.32 Å². The van der Waals surface area contributed by atoms with E-state index in [-0.39, 0.29) is 5.54 Å². The first-order valence-electron chi connectivity index (χ1n) is 6.64. The molecule has 0 unspecified atom stereocenters. The van der Waals surface area contributed by atoms with E-state index < -0.39 is 11.6 Å². The first kappa shape index (κ1) is 13.8. The summed E-state index contributed by atoms with van der Waals surface area (Å²) in [4.78, 5) is 4.45. The van der Waals surface area contributed by atoms with Gasteiger partial charge in [-0.2, -0.15) is 0 Å². The predicted molar refractivity (Wildman–Crippen MR) is 75.9 cm³/mol. The first-order chi connectivity index (χ1) is 9.67. The second kappa shape index (κ2) is 5.69. The van der Waals surface area contributed by atoms with Crippen LogP contribution in [0, 0.1) is 11.6 Å². The number of hydrogen-bond donors (Lipinski definition) is 1. The molecule has 1 aromatic carbocycles. The quantitative estimate of drug-likeness (QED) is 0.911. The van der Waals surface area contributed by atoms with Gasteiger partial charge in [0.05, 0.1) is 12.1 Å². The molecule has 1 N–H and O–H groups in total. The maximum atomic E-state index is 13.1. The highest BCUT2D eigenvalue weighted by Gasteiger charge is 2.38. The standard InChI is InChI=1S/C14H16F2N2OS/c15-11-2-1-10(7-12(11)16)8-17-13-18-14(9-20-13)3-5-19-6-4-14/h1-2,7H,3-6,8-9H2,(H,17,18). The Morgan fingerprint density at radius 1 is 1.25 bits per heavy atom.